The van der Waals surface area contributed by atoms with E-state index in [4.69, 9.17) is 4.74 Å². The van der Waals surface area contributed by atoms with Crippen LogP contribution in [0.1, 0.15) is 10.4 Å². The van der Waals surface area contributed by atoms with E-state index in [1.54, 1.807) is 12.4 Å². The van der Waals surface area contributed by atoms with E-state index in [1.165, 1.54) is 18.9 Å². The zero-order valence-corrected chi connectivity index (χ0v) is 11.2. The summed E-state index contributed by atoms with van der Waals surface area (Å²) in [6.45, 7) is 0. The molecule has 0 fully saturated rings. The van der Waals surface area contributed by atoms with E-state index in [0.29, 0.717) is 10.7 Å². The average Bonchev–Trinajstić information content (AvgIpc) is 2.90. The highest BCUT2D eigenvalue weighted by Gasteiger charge is 2.14. The Morgan fingerprint density at radius 1 is 1.42 bits per heavy atom. The predicted molar refractivity (Wildman–Crippen MR) is 74.5 cm³/mol. The summed E-state index contributed by atoms with van der Waals surface area (Å²) in [7, 11) is 1.37. The number of methoxy groups -OCH3 is 1. The van der Waals surface area contributed by atoms with Crippen LogP contribution in [0, 0.1) is 0 Å². The van der Waals surface area contributed by atoms with Crippen molar-refractivity contribution >= 4 is 39.5 Å². The molecule has 0 aliphatic rings. The van der Waals surface area contributed by atoms with E-state index in [2.05, 4.69) is 15.0 Å². The van der Waals surface area contributed by atoms with Crippen molar-refractivity contribution < 1.29 is 9.53 Å². The molecule has 0 amide bonds. The van der Waals surface area contributed by atoms with Gasteiger partial charge in [0.15, 0.2) is 5.16 Å². The first-order valence-electron chi connectivity index (χ1n) is 5.63. The van der Waals surface area contributed by atoms with Gasteiger partial charge in [-0.25, -0.2) is 14.8 Å². The number of carbonyl (C=O) groups is 1. The monoisotopic (exact) mass is 273 g/mol. The summed E-state index contributed by atoms with van der Waals surface area (Å²) in [5, 5.41) is 2.45. The SMILES string of the molecule is COC(=O)c1c[nH]c2c1ccc1cnc(SC)nc12. The first kappa shape index (κ1) is 12.0. The van der Waals surface area contributed by atoms with Gasteiger partial charge in [0.25, 0.3) is 0 Å². The molecule has 96 valence electrons. The number of nitrogens with one attached hydrogen (secondary N) is 1. The maximum atomic E-state index is 11.7. The van der Waals surface area contributed by atoms with Gasteiger partial charge in [-0.3, -0.25) is 0 Å². The number of benzene rings is 1. The Kier molecular flexibility index (Phi) is 2.87. The van der Waals surface area contributed by atoms with Gasteiger partial charge in [0.2, 0.25) is 0 Å². The van der Waals surface area contributed by atoms with Crippen molar-refractivity contribution in [3.63, 3.8) is 0 Å². The molecule has 0 aliphatic carbocycles. The second-order valence-corrected chi connectivity index (χ2v) is 4.75. The lowest BCUT2D eigenvalue weighted by Crippen LogP contribution is -1.99. The van der Waals surface area contributed by atoms with Crippen molar-refractivity contribution in [2.75, 3.05) is 13.4 Å². The first-order chi connectivity index (χ1) is 9.24. The third-order valence-electron chi connectivity index (χ3n) is 2.97. The molecule has 1 N–H and O–H groups in total. The van der Waals surface area contributed by atoms with Crippen LogP contribution in [0.3, 0.4) is 0 Å². The molecule has 0 spiro atoms. The van der Waals surface area contributed by atoms with Crippen molar-refractivity contribution in [3.8, 4) is 0 Å². The molecular formula is C13H11N3O2S. The topological polar surface area (TPSA) is 67.9 Å². The van der Waals surface area contributed by atoms with E-state index in [-0.39, 0.29) is 5.97 Å². The van der Waals surface area contributed by atoms with Crippen LogP contribution in [0.25, 0.3) is 21.8 Å². The van der Waals surface area contributed by atoms with E-state index >= 15 is 0 Å². The Balaban J connectivity index is 2.34. The molecule has 0 saturated heterocycles. The number of rotatable bonds is 2. The number of hydrogen-bond donors (Lipinski definition) is 1. The van der Waals surface area contributed by atoms with Gasteiger partial charge in [-0.2, -0.15) is 0 Å². The van der Waals surface area contributed by atoms with Crippen LogP contribution in [0.4, 0.5) is 0 Å². The summed E-state index contributed by atoms with van der Waals surface area (Å²) in [6.07, 6.45) is 5.36. The zero-order chi connectivity index (χ0) is 13.4. The highest BCUT2D eigenvalue weighted by molar-refractivity contribution is 7.98. The summed E-state index contributed by atoms with van der Waals surface area (Å²) in [5.74, 6) is -0.357. The van der Waals surface area contributed by atoms with Gasteiger partial charge in [0, 0.05) is 23.2 Å². The number of esters is 1. The molecule has 0 atom stereocenters. The van der Waals surface area contributed by atoms with Crippen molar-refractivity contribution in [3.05, 3.63) is 30.1 Å². The van der Waals surface area contributed by atoms with Crippen LogP contribution in [-0.4, -0.2) is 34.3 Å². The summed E-state index contributed by atoms with van der Waals surface area (Å²) in [5.41, 5.74) is 2.16. The van der Waals surface area contributed by atoms with Crippen LogP contribution < -0.4 is 0 Å². The van der Waals surface area contributed by atoms with Crippen molar-refractivity contribution in [1.82, 2.24) is 15.0 Å². The highest BCUT2D eigenvalue weighted by Crippen LogP contribution is 2.26. The third kappa shape index (κ3) is 1.84. The smallest absolute Gasteiger partial charge is 0.340 e. The average molecular weight is 273 g/mol. The molecule has 2 heterocycles. The van der Waals surface area contributed by atoms with E-state index < -0.39 is 0 Å². The van der Waals surface area contributed by atoms with Gasteiger partial charge < -0.3 is 9.72 Å². The lowest BCUT2D eigenvalue weighted by molar-refractivity contribution is 0.0603. The minimum atomic E-state index is -0.357. The minimum absolute atomic E-state index is 0.357. The largest absolute Gasteiger partial charge is 0.465 e. The molecule has 19 heavy (non-hydrogen) atoms. The fourth-order valence-electron chi connectivity index (χ4n) is 2.05. The molecule has 5 nitrogen and oxygen atoms in total. The Labute approximate surface area is 113 Å². The van der Waals surface area contributed by atoms with E-state index in [1.807, 2.05) is 18.4 Å². The predicted octanol–water partition coefficient (Wildman–Crippen LogP) is 2.62. The lowest BCUT2D eigenvalue weighted by atomic mass is 10.1. The molecule has 6 heteroatoms. The number of hydrogen-bond acceptors (Lipinski definition) is 5. The summed E-state index contributed by atoms with van der Waals surface area (Å²) < 4.78 is 4.76. The molecule has 3 aromatic rings. The zero-order valence-electron chi connectivity index (χ0n) is 10.4. The second-order valence-electron chi connectivity index (χ2n) is 3.98. The van der Waals surface area contributed by atoms with E-state index in [0.717, 1.165) is 21.8 Å². The molecule has 2 aromatic heterocycles. The molecule has 0 saturated carbocycles. The van der Waals surface area contributed by atoms with Gasteiger partial charge in [-0.1, -0.05) is 23.9 Å². The number of carbonyl (C=O) groups excluding carboxylic acids is 1. The Hall–Kier alpha value is -2.08. The van der Waals surface area contributed by atoms with Gasteiger partial charge in [-0.15, -0.1) is 0 Å². The number of thioether (sulfide) groups is 1. The molecule has 3 rings (SSSR count). The number of H-pyrrole nitrogens is 1. The number of fused-ring (bicyclic) bond motifs is 3. The molecule has 1 aromatic carbocycles. The molecule has 0 radical (unpaired) electrons. The van der Waals surface area contributed by atoms with Crippen molar-refractivity contribution in [1.29, 1.82) is 0 Å². The first-order valence-corrected chi connectivity index (χ1v) is 6.86. The Morgan fingerprint density at radius 2 is 2.26 bits per heavy atom. The van der Waals surface area contributed by atoms with Crippen LogP contribution in [0.2, 0.25) is 0 Å². The fourth-order valence-corrected chi connectivity index (χ4v) is 2.39. The maximum absolute atomic E-state index is 11.7. The summed E-state index contributed by atoms with van der Waals surface area (Å²) >= 11 is 1.48. The third-order valence-corrected chi connectivity index (χ3v) is 3.53. The van der Waals surface area contributed by atoms with Crippen molar-refractivity contribution in [2.24, 2.45) is 0 Å². The van der Waals surface area contributed by atoms with Crippen LogP contribution in [-0.2, 0) is 4.74 Å². The van der Waals surface area contributed by atoms with Gasteiger partial charge in [0.1, 0.15) is 0 Å². The normalized spacial score (nSPS) is 11.1. The fraction of sp³-hybridized carbons (Fsp3) is 0.154. The number of aromatic nitrogens is 3. The maximum Gasteiger partial charge on any atom is 0.340 e. The van der Waals surface area contributed by atoms with E-state index in [9.17, 15) is 4.79 Å². The summed E-state index contributed by atoms with van der Waals surface area (Å²) in [4.78, 5) is 23.5. The lowest BCUT2D eigenvalue weighted by Gasteiger charge is -2.01. The van der Waals surface area contributed by atoms with Gasteiger partial charge in [0.05, 0.1) is 23.7 Å². The summed E-state index contributed by atoms with van der Waals surface area (Å²) in [6, 6.07) is 3.78. The van der Waals surface area contributed by atoms with Crippen LogP contribution in [0.5, 0.6) is 0 Å². The standard InChI is InChI=1S/C13H11N3O2S/c1-18-12(17)9-6-14-11-8(9)4-3-7-5-15-13(19-2)16-10(7)11/h3-6,14H,1-2H3. The van der Waals surface area contributed by atoms with Crippen LogP contribution >= 0.6 is 11.8 Å². The number of ether oxygens (including phenoxy) is 1. The number of aromatic amines is 1. The molecule has 0 unspecified atom stereocenters. The quantitative estimate of drug-likeness (QED) is 0.441. The van der Waals surface area contributed by atoms with Crippen LogP contribution in [0.15, 0.2) is 29.7 Å². The Bertz CT molecular complexity index is 782. The minimum Gasteiger partial charge on any atom is -0.465 e. The van der Waals surface area contributed by atoms with Crippen molar-refractivity contribution in [2.45, 2.75) is 5.16 Å². The molecule has 0 aliphatic heterocycles. The number of nitrogens with zero attached hydrogens (tertiary/aromatic N) is 2. The van der Waals surface area contributed by atoms with Gasteiger partial charge >= 0.3 is 5.97 Å². The second kappa shape index (κ2) is 4.55. The molecular weight excluding hydrogens is 262 g/mol. The van der Waals surface area contributed by atoms with Gasteiger partial charge in [-0.05, 0) is 6.26 Å². The molecule has 0 bridgehead atoms. The Morgan fingerprint density at radius 3 is 3.00 bits per heavy atom. The highest BCUT2D eigenvalue weighted by atomic mass is 32.2.